The lowest BCUT2D eigenvalue weighted by atomic mass is 9.81. The molecule has 14 nitrogen and oxygen atoms in total. The zero-order valence-electron chi connectivity index (χ0n) is 46.6. The van der Waals surface area contributed by atoms with Gasteiger partial charge in [0.25, 0.3) is 0 Å². The Morgan fingerprint density at radius 1 is 0.469 bits per heavy atom. The minimum atomic E-state index is -1.27. The second-order valence-corrected chi connectivity index (χ2v) is 18.9. The van der Waals surface area contributed by atoms with E-state index in [1.165, 1.54) is 39.5 Å². The highest BCUT2D eigenvalue weighted by Crippen LogP contribution is 2.31. The molecule has 81 heavy (non-hydrogen) atoms. The summed E-state index contributed by atoms with van der Waals surface area (Å²) in [7, 11) is 2.77. The smallest absolute Gasteiger partial charge is 0.483 e. The quantitative estimate of drug-likeness (QED) is 0.0404. The van der Waals surface area contributed by atoms with Crippen LogP contribution in [0.4, 0.5) is 0 Å². The number of carbonyl (C=O) groups excluding carboxylic acids is 3. The number of esters is 3. The van der Waals surface area contributed by atoms with Crippen LogP contribution in [0.25, 0.3) is 11.1 Å². The van der Waals surface area contributed by atoms with Crippen molar-refractivity contribution in [1.29, 1.82) is 0 Å². The molecule has 0 aliphatic rings. The van der Waals surface area contributed by atoms with E-state index in [1.54, 1.807) is 62.4 Å². The average molecular weight is 1230 g/mol. The molecule has 0 saturated heterocycles. The number of aromatic carboxylic acids is 1. The number of phenols is 1. The summed E-state index contributed by atoms with van der Waals surface area (Å²) in [5.41, 5.74) is 9.27. The Hall–Kier alpha value is -8.22. The van der Waals surface area contributed by atoms with Gasteiger partial charge in [-0.05, 0) is 180 Å². The zero-order valence-corrected chi connectivity index (χ0v) is 49.8. The first-order valence-electron chi connectivity index (χ1n) is 25.1. The van der Waals surface area contributed by atoms with Gasteiger partial charge in [0.05, 0.1) is 52.5 Å². The molecule has 7 aromatic rings. The topological polar surface area (TPSA) is 205 Å². The Kier molecular flexibility index (Phi) is 29.9. The van der Waals surface area contributed by atoms with Crippen LogP contribution in [0.1, 0.15) is 112 Å². The molecule has 4 N–H and O–H groups in total. The van der Waals surface area contributed by atoms with Gasteiger partial charge in [0.15, 0.2) is 0 Å². The summed E-state index contributed by atoms with van der Waals surface area (Å²) in [6, 6.07) is 49.6. The lowest BCUT2D eigenvalue weighted by molar-refractivity contribution is 0.0591. The number of carbonyl (C=O) groups is 4. The number of hydrogen-bond acceptors (Lipinski definition) is 13. The summed E-state index contributed by atoms with van der Waals surface area (Å²) in [5.74, 6) is 0.172. The number of allylic oxidation sites excluding steroid dienone is 6. The molecular formula is C64H69BBr2O14. The highest BCUT2D eigenvalue weighted by Gasteiger charge is 2.14. The van der Waals surface area contributed by atoms with Crippen molar-refractivity contribution >= 4 is 74.0 Å². The Morgan fingerprint density at radius 3 is 1.12 bits per heavy atom. The van der Waals surface area contributed by atoms with E-state index < -0.39 is 19.1 Å². The van der Waals surface area contributed by atoms with E-state index in [9.17, 15) is 19.2 Å². The predicted molar refractivity (Wildman–Crippen MR) is 327 cm³/mol. The highest BCUT2D eigenvalue weighted by atomic mass is 79.9. The van der Waals surface area contributed by atoms with Gasteiger partial charge in [0.1, 0.15) is 42.8 Å². The maximum Gasteiger partial charge on any atom is 0.483 e. The van der Waals surface area contributed by atoms with Crippen LogP contribution in [0.15, 0.2) is 196 Å². The van der Waals surface area contributed by atoms with Gasteiger partial charge in [-0.3, -0.25) is 0 Å². The zero-order chi connectivity index (χ0) is 59.9. The first-order chi connectivity index (χ1) is 38.8. The van der Waals surface area contributed by atoms with Gasteiger partial charge in [-0.1, -0.05) is 109 Å². The summed E-state index contributed by atoms with van der Waals surface area (Å²) in [4.78, 5) is 45.1. The van der Waals surface area contributed by atoms with Gasteiger partial charge >= 0.3 is 31.0 Å². The molecule has 0 amide bonds. The molecule has 0 unspecified atom stereocenters. The van der Waals surface area contributed by atoms with E-state index in [2.05, 4.69) is 41.3 Å². The second-order valence-electron chi connectivity index (χ2n) is 17.2. The van der Waals surface area contributed by atoms with E-state index in [1.807, 2.05) is 143 Å². The standard InChI is InChI=1S/C19H20O3.C18H18O3.C15H13BrO3.C8H7BrO3.C4H9BO2.H2/c1-4-14(2)17-12-16(19(20)21-3)10-11-18(17)22-13-15-8-6-5-7-9-15;1-3-13(2)16-11-15(18(19)20)9-10-17(16)21-12-14-7-5-4-6-8-14;1-18-15(17)12-7-8-14(13(16)9-12)19-10-11-5-3-2-4-6-11;1-12-8(11)5-2-3-7(10)6(9)4-5;1-3-4(2)5(6)7;/h4-12H,13H2,1-3H3;3-11H,12H2,1-2H3,(H,19,20);2-9H,10H2,1H3;2-4,10H,1H3;3,6-7H,1-2H3;1H/b14-4-;13-3-;;;4-3-;/i;;;;;1+1. The normalized spacial score (nSPS) is 10.7. The fourth-order valence-electron chi connectivity index (χ4n) is 6.59. The summed E-state index contributed by atoms with van der Waals surface area (Å²) in [5, 5.41) is 34.8. The van der Waals surface area contributed by atoms with Crippen molar-refractivity contribution in [3.05, 3.63) is 247 Å². The number of aromatic hydroxyl groups is 1. The number of methoxy groups -OCH3 is 3. The van der Waals surface area contributed by atoms with Crippen molar-refractivity contribution in [2.24, 2.45) is 0 Å². The Bertz CT molecular complexity index is 3220. The van der Waals surface area contributed by atoms with Gasteiger partial charge in [0.2, 0.25) is 0 Å². The number of carboxylic acids is 1. The van der Waals surface area contributed by atoms with Gasteiger partial charge < -0.3 is 48.7 Å². The number of phenolic OH excluding ortho intramolecular Hbond substituents is 1. The maximum atomic E-state index is 11.7. The molecule has 0 fully saturated rings. The third kappa shape index (κ3) is 23.2. The molecule has 7 aromatic carbocycles. The van der Waals surface area contributed by atoms with Crippen LogP contribution >= 0.6 is 31.9 Å². The van der Waals surface area contributed by atoms with Crippen molar-refractivity contribution in [3.63, 3.8) is 0 Å². The summed E-state index contributed by atoms with van der Waals surface area (Å²) < 4.78 is 32.6. The first kappa shape index (κ1) is 67.1. The van der Waals surface area contributed by atoms with E-state index in [0.29, 0.717) is 58.0 Å². The van der Waals surface area contributed by atoms with Crippen LogP contribution in [0.5, 0.6) is 23.0 Å². The van der Waals surface area contributed by atoms with Crippen LogP contribution in [-0.4, -0.2) is 72.6 Å². The van der Waals surface area contributed by atoms with Crippen LogP contribution in [0.3, 0.4) is 0 Å². The van der Waals surface area contributed by atoms with Crippen molar-refractivity contribution in [1.82, 2.24) is 0 Å². The highest BCUT2D eigenvalue weighted by molar-refractivity contribution is 9.11. The lowest BCUT2D eigenvalue weighted by Crippen LogP contribution is -2.12. The fraction of sp³-hybridized carbons (Fsp3) is 0.188. The molecule has 17 heteroatoms. The Morgan fingerprint density at radius 2 is 0.802 bits per heavy atom. The summed E-state index contributed by atoms with van der Waals surface area (Å²) >= 11 is 6.47. The maximum absolute atomic E-state index is 11.7. The number of benzene rings is 7. The monoisotopic (exact) mass is 1230 g/mol. The van der Waals surface area contributed by atoms with Crippen molar-refractivity contribution in [3.8, 4) is 23.0 Å². The van der Waals surface area contributed by atoms with E-state index in [0.717, 1.165) is 49.2 Å². The molecule has 426 valence electrons. The average Bonchev–Trinajstić information content (AvgIpc) is 3.50. The largest absolute Gasteiger partial charge is 0.507 e. The van der Waals surface area contributed by atoms with Crippen LogP contribution in [0.2, 0.25) is 0 Å². The molecule has 0 atom stereocenters. The third-order valence-electron chi connectivity index (χ3n) is 11.6. The first-order valence-corrected chi connectivity index (χ1v) is 26.7. The Balaban J connectivity index is 0.000000363. The molecule has 0 spiro atoms. The fourth-order valence-corrected chi connectivity index (χ4v) is 7.46. The number of ether oxygens (including phenoxy) is 6. The van der Waals surface area contributed by atoms with Crippen LogP contribution in [0, 0.1) is 0 Å². The van der Waals surface area contributed by atoms with Crippen molar-refractivity contribution in [2.45, 2.75) is 61.4 Å². The van der Waals surface area contributed by atoms with Gasteiger partial charge in [0, 0.05) is 12.6 Å². The van der Waals surface area contributed by atoms with Crippen LogP contribution in [-0.2, 0) is 34.0 Å². The van der Waals surface area contributed by atoms with Gasteiger partial charge in [-0.25, -0.2) is 19.2 Å². The minimum Gasteiger partial charge on any atom is -0.507 e. The van der Waals surface area contributed by atoms with Gasteiger partial charge in [-0.15, -0.1) is 0 Å². The number of carboxylic acid groups (broad SMARTS) is 1. The van der Waals surface area contributed by atoms with Crippen molar-refractivity contribution in [2.75, 3.05) is 21.3 Å². The van der Waals surface area contributed by atoms with E-state index >= 15 is 0 Å². The summed E-state index contributed by atoms with van der Waals surface area (Å²) in [6.45, 7) is 12.7. The van der Waals surface area contributed by atoms with E-state index in [4.69, 9.17) is 39.2 Å². The molecule has 7 rings (SSSR count). The Labute approximate surface area is 492 Å². The second kappa shape index (κ2) is 36.1. The number of halogens is 2. The van der Waals surface area contributed by atoms with Crippen LogP contribution < -0.4 is 14.2 Å². The molecule has 0 aliphatic heterocycles. The van der Waals surface area contributed by atoms with E-state index in [-0.39, 0.29) is 24.7 Å². The summed E-state index contributed by atoms with van der Waals surface area (Å²) in [6.07, 6.45) is 5.59. The third-order valence-corrected chi connectivity index (χ3v) is 12.9. The number of hydrogen-bond donors (Lipinski definition) is 4. The molecule has 0 aromatic heterocycles. The molecule has 0 radical (unpaired) electrons. The van der Waals surface area contributed by atoms with Gasteiger partial charge in [-0.2, -0.15) is 0 Å². The SMILES string of the molecule is C/C=C(/C)B(O)O.C/C=C(/C)c1cc(C(=O)O)ccc1OCc1ccccc1.C/C=C(/C)c1cc(C(=O)OC)ccc1OCc1ccccc1.COC(=O)c1ccc(O)c(Br)c1.COC(=O)c1ccc(OCc2ccccc2)c(Br)c1.[2HH]. The predicted octanol–water partition coefficient (Wildman–Crippen LogP) is 14.8. The lowest BCUT2D eigenvalue weighted by Gasteiger charge is -2.13. The molecule has 0 saturated carbocycles. The molecule has 0 heterocycles. The molecule has 0 aliphatic carbocycles. The van der Waals surface area contributed by atoms with Crippen molar-refractivity contribution < 1.29 is 69.3 Å². The number of rotatable bonds is 16. The minimum absolute atomic E-state index is 0. The molecular weight excluding hydrogens is 1160 g/mol. The molecule has 0 bridgehead atoms.